The first kappa shape index (κ1) is 21.8. The highest BCUT2D eigenvalue weighted by Gasteiger charge is 2.26. The summed E-state index contributed by atoms with van der Waals surface area (Å²) in [5, 5.41) is 2.54. The molecule has 1 atom stereocenters. The number of carbonyl (C=O) groups is 3. The molecular weight excluding hydrogens is 396 g/mol. The summed E-state index contributed by atoms with van der Waals surface area (Å²) < 4.78 is 5.23. The van der Waals surface area contributed by atoms with E-state index in [1.54, 1.807) is 7.05 Å². The summed E-state index contributed by atoms with van der Waals surface area (Å²) in [6, 6.07) is 17.8. The molecule has 0 bridgehead atoms. The van der Waals surface area contributed by atoms with Crippen molar-refractivity contribution in [2.45, 2.75) is 26.1 Å². The van der Waals surface area contributed by atoms with Crippen molar-refractivity contribution in [1.82, 2.24) is 20.2 Å². The Labute approximate surface area is 180 Å². The standard InChI is InChI=1S/C23H24N4O4/c1-16(23(30)31-14-18-11-7-4-8-12-18)26-21(28)19-20(25-15-24-19)22(29)27(2)13-17-9-5-3-6-10-17/h3-12,15-16H,13-14H2,1-2H3,(H,24,25)(H,26,28)/t16-/m0/s1. The summed E-state index contributed by atoms with van der Waals surface area (Å²) in [5.41, 5.74) is 1.78. The van der Waals surface area contributed by atoms with Gasteiger partial charge in [0.1, 0.15) is 18.3 Å². The molecular formula is C23H24N4O4. The third kappa shape index (κ3) is 5.79. The Bertz CT molecular complexity index is 1030. The number of rotatable bonds is 8. The molecule has 3 rings (SSSR count). The van der Waals surface area contributed by atoms with Gasteiger partial charge >= 0.3 is 5.97 Å². The van der Waals surface area contributed by atoms with Gasteiger partial charge in [-0.1, -0.05) is 60.7 Å². The first-order chi connectivity index (χ1) is 15.0. The highest BCUT2D eigenvalue weighted by molar-refractivity contribution is 6.05. The zero-order valence-electron chi connectivity index (χ0n) is 17.4. The first-order valence-corrected chi connectivity index (χ1v) is 9.80. The van der Waals surface area contributed by atoms with Crippen LogP contribution in [0.25, 0.3) is 0 Å². The van der Waals surface area contributed by atoms with Crippen LogP contribution < -0.4 is 5.32 Å². The van der Waals surface area contributed by atoms with E-state index in [2.05, 4.69) is 15.3 Å². The van der Waals surface area contributed by atoms with E-state index >= 15 is 0 Å². The van der Waals surface area contributed by atoms with Crippen molar-refractivity contribution in [2.75, 3.05) is 7.05 Å². The van der Waals surface area contributed by atoms with Gasteiger partial charge in [0.2, 0.25) is 0 Å². The van der Waals surface area contributed by atoms with E-state index in [4.69, 9.17) is 4.74 Å². The Morgan fingerprint density at radius 2 is 1.65 bits per heavy atom. The molecule has 8 heteroatoms. The molecule has 0 unspecified atom stereocenters. The molecule has 0 aliphatic carbocycles. The number of aromatic amines is 1. The van der Waals surface area contributed by atoms with Crippen LogP contribution in [0.1, 0.15) is 39.0 Å². The summed E-state index contributed by atoms with van der Waals surface area (Å²) in [5.74, 6) is -1.60. The Hall–Kier alpha value is -3.94. The van der Waals surface area contributed by atoms with Crippen LogP contribution in [0.4, 0.5) is 0 Å². The SMILES string of the molecule is C[C@H](NC(=O)c1nc[nH]c1C(=O)N(C)Cc1ccccc1)C(=O)OCc1ccccc1. The molecule has 2 aromatic carbocycles. The fourth-order valence-electron chi connectivity index (χ4n) is 2.93. The Balaban J connectivity index is 1.59. The van der Waals surface area contributed by atoms with E-state index in [1.165, 1.54) is 18.2 Å². The Kier molecular flexibility index (Phi) is 7.16. The second-order valence-corrected chi connectivity index (χ2v) is 7.06. The van der Waals surface area contributed by atoms with Crippen molar-refractivity contribution < 1.29 is 19.1 Å². The average Bonchev–Trinajstić information content (AvgIpc) is 3.28. The summed E-state index contributed by atoms with van der Waals surface area (Å²) in [6.45, 7) is 2.00. The molecule has 1 heterocycles. The molecule has 0 aliphatic heterocycles. The van der Waals surface area contributed by atoms with Gasteiger partial charge in [-0.2, -0.15) is 0 Å². The molecule has 0 fully saturated rings. The molecule has 31 heavy (non-hydrogen) atoms. The number of hydrogen-bond donors (Lipinski definition) is 2. The number of carbonyl (C=O) groups excluding carboxylic acids is 3. The number of imidazole rings is 1. The second-order valence-electron chi connectivity index (χ2n) is 7.06. The van der Waals surface area contributed by atoms with Gasteiger partial charge in [0.25, 0.3) is 11.8 Å². The van der Waals surface area contributed by atoms with Gasteiger partial charge in [-0.3, -0.25) is 9.59 Å². The normalized spacial score (nSPS) is 11.4. The van der Waals surface area contributed by atoms with Gasteiger partial charge in [-0.25, -0.2) is 9.78 Å². The molecule has 2 amide bonds. The number of ether oxygens (including phenoxy) is 1. The Morgan fingerprint density at radius 3 is 2.29 bits per heavy atom. The number of esters is 1. The first-order valence-electron chi connectivity index (χ1n) is 9.80. The van der Waals surface area contributed by atoms with E-state index in [0.29, 0.717) is 6.54 Å². The van der Waals surface area contributed by atoms with Crippen LogP contribution in [-0.4, -0.2) is 45.7 Å². The maximum atomic E-state index is 12.8. The van der Waals surface area contributed by atoms with Crippen molar-refractivity contribution in [3.8, 4) is 0 Å². The minimum Gasteiger partial charge on any atom is -0.459 e. The van der Waals surface area contributed by atoms with Crippen LogP contribution in [0, 0.1) is 0 Å². The molecule has 0 radical (unpaired) electrons. The lowest BCUT2D eigenvalue weighted by molar-refractivity contribution is -0.146. The third-order valence-corrected chi connectivity index (χ3v) is 4.60. The lowest BCUT2D eigenvalue weighted by atomic mass is 10.2. The fourth-order valence-corrected chi connectivity index (χ4v) is 2.93. The van der Waals surface area contributed by atoms with Crippen molar-refractivity contribution in [3.05, 3.63) is 89.5 Å². The quantitative estimate of drug-likeness (QED) is 0.545. The Morgan fingerprint density at radius 1 is 1.03 bits per heavy atom. The van der Waals surface area contributed by atoms with Crippen LogP contribution in [0.15, 0.2) is 67.0 Å². The minimum absolute atomic E-state index is 0.0563. The predicted octanol–water partition coefficient (Wildman–Crippen LogP) is 2.54. The van der Waals surface area contributed by atoms with Crippen LogP contribution >= 0.6 is 0 Å². The number of aromatic nitrogens is 2. The zero-order valence-corrected chi connectivity index (χ0v) is 17.4. The van der Waals surface area contributed by atoms with Gasteiger partial charge in [-0.15, -0.1) is 0 Å². The smallest absolute Gasteiger partial charge is 0.328 e. The maximum Gasteiger partial charge on any atom is 0.328 e. The summed E-state index contributed by atoms with van der Waals surface area (Å²) >= 11 is 0. The van der Waals surface area contributed by atoms with Gasteiger partial charge in [0.15, 0.2) is 5.69 Å². The fraction of sp³-hybridized carbons (Fsp3) is 0.217. The number of H-pyrrole nitrogens is 1. The highest BCUT2D eigenvalue weighted by Crippen LogP contribution is 2.10. The van der Waals surface area contributed by atoms with Gasteiger partial charge in [-0.05, 0) is 18.1 Å². The molecule has 2 N–H and O–H groups in total. The molecule has 8 nitrogen and oxygen atoms in total. The molecule has 0 aliphatic rings. The van der Waals surface area contributed by atoms with Crippen LogP contribution in [0.2, 0.25) is 0 Å². The zero-order chi connectivity index (χ0) is 22.2. The highest BCUT2D eigenvalue weighted by atomic mass is 16.5. The van der Waals surface area contributed by atoms with Gasteiger partial charge in [0, 0.05) is 13.6 Å². The second kappa shape index (κ2) is 10.2. The average molecular weight is 420 g/mol. The van der Waals surface area contributed by atoms with Crippen molar-refractivity contribution in [3.63, 3.8) is 0 Å². The monoisotopic (exact) mass is 420 g/mol. The molecule has 1 aromatic heterocycles. The van der Waals surface area contributed by atoms with Crippen LogP contribution in [0.5, 0.6) is 0 Å². The molecule has 0 saturated heterocycles. The largest absolute Gasteiger partial charge is 0.459 e. The lowest BCUT2D eigenvalue weighted by Gasteiger charge is -2.17. The number of hydrogen-bond acceptors (Lipinski definition) is 5. The third-order valence-electron chi connectivity index (χ3n) is 4.60. The molecule has 160 valence electrons. The number of benzene rings is 2. The van der Waals surface area contributed by atoms with E-state index in [9.17, 15) is 14.4 Å². The molecule has 3 aromatic rings. The lowest BCUT2D eigenvalue weighted by Crippen LogP contribution is -2.40. The minimum atomic E-state index is -0.905. The summed E-state index contributed by atoms with van der Waals surface area (Å²) in [6.07, 6.45) is 1.27. The van der Waals surface area contributed by atoms with E-state index in [-0.39, 0.29) is 23.9 Å². The number of amides is 2. The maximum absolute atomic E-state index is 12.8. The summed E-state index contributed by atoms with van der Waals surface area (Å²) in [4.78, 5) is 45.8. The van der Waals surface area contributed by atoms with Gasteiger partial charge < -0.3 is 19.9 Å². The van der Waals surface area contributed by atoms with Crippen LogP contribution in [-0.2, 0) is 22.7 Å². The summed E-state index contributed by atoms with van der Waals surface area (Å²) in [7, 11) is 1.64. The number of nitrogens with zero attached hydrogens (tertiary/aromatic N) is 2. The van der Waals surface area contributed by atoms with Gasteiger partial charge in [0.05, 0.1) is 6.33 Å². The van der Waals surface area contributed by atoms with E-state index < -0.39 is 17.9 Å². The topological polar surface area (TPSA) is 104 Å². The van der Waals surface area contributed by atoms with Crippen LogP contribution in [0.3, 0.4) is 0 Å². The van der Waals surface area contributed by atoms with Crippen molar-refractivity contribution in [2.24, 2.45) is 0 Å². The van der Waals surface area contributed by atoms with Crippen molar-refractivity contribution >= 4 is 17.8 Å². The predicted molar refractivity (Wildman–Crippen MR) is 114 cm³/mol. The number of nitrogens with one attached hydrogen (secondary N) is 2. The molecule has 0 saturated carbocycles. The van der Waals surface area contributed by atoms with E-state index in [1.807, 2.05) is 60.7 Å². The van der Waals surface area contributed by atoms with Crippen molar-refractivity contribution in [1.29, 1.82) is 0 Å². The molecule has 0 spiro atoms. The van der Waals surface area contributed by atoms with E-state index in [0.717, 1.165) is 11.1 Å².